The van der Waals surface area contributed by atoms with Gasteiger partial charge in [-0.1, -0.05) is 38.1 Å². The van der Waals surface area contributed by atoms with Crippen LogP contribution in [0.1, 0.15) is 39.2 Å². The van der Waals surface area contributed by atoms with E-state index < -0.39 is 17.2 Å². The van der Waals surface area contributed by atoms with Crippen molar-refractivity contribution in [2.75, 3.05) is 6.61 Å². The van der Waals surface area contributed by atoms with E-state index in [0.29, 0.717) is 23.1 Å². The number of rotatable bonds is 7. The monoisotopic (exact) mass is 362 g/mol. The number of esters is 1. The van der Waals surface area contributed by atoms with Gasteiger partial charge in [0, 0.05) is 24.5 Å². The highest BCUT2D eigenvalue weighted by molar-refractivity contribution is 5.69. The molecule has 2 aromatic carbocycles. The second-order valence-corrected chi connectivity index (χ2v) is 7.04. The molecule has 0 amide bonds. The molecule has 0 spiro atoms. The molecule has 26 heavy (non-hydrogen) atoms. The molecule has 0 saturated carbocycles. The van der Waals surface area contributed by atoms with Crippen LogP contribution in [0.2, 0.25) is 0 Å². The fourth-order valence-electron chi connectivity index (χ4n) is 2.63. The summed E-state index contributed by atoms with van der Waals surface area (Å²) < 4.78 is 32.0. The molecule has 0 aliphatic rings. The van der Waals surface area contributed by atoms with Crippen molar-refractivity contribution >= 4 is 5.97 Å². The third kappa shape index (κ3) is 5.36. The topological polar surface area (TPSA) is 46.5 Å². The highest BCUT2D eigenvalue weighted by Gasteiger charge is 2.23. The molecule has 2 rings (SSSR count). The van der Waals surface area contributed by atoms with Gasteiger partial charge in [0.2, 0.25) is 0 Å². The van der Waals surface area contributed by atoms with Gasteiger partial charge in [-0.2, -0.15) is 0 Å². The van der Waals surface area contributed by atoms with Crippen molar-refractivity contribution in [2.24, 2.45) is 5.92 Å². The first kappa shape index (κ1) is 20.0. The lowest BCUT2D eigenvalue weighted by Gasteiger charge is -2.24. The van der Waals surface area contributed by atoms with Crippen LogP contribution >= 0.6 is 0 Å². The molecule has 1 atom stereocenters. The quantitative estimate of drug-likeness (QED) is 0.719. The molecule has 0 aliphatic heterocycles. The second-order valence-electron chi connectivity index (χ2n) is 7.04. The molecule has 0 heterocycles. The Balaban J connectivity index is 2.03. The standard InChI is InChI=1S/C21H24F2O3/c1-14(2)12-20(24)26-11-10-21(3,25)16-6-4-15(5-7-16)18-9-8-17(22)13-19(18)23/h4-9,13-14,25H,10-12H2,1-3H3. The molecule has 5 heteroatoms. The van der Waals surface area contributed by atoms with Gasteiger partial charge in [-0.25, -0.2) is 8.78 Å². The molecule has 140 valence electrons. The number of halogens is 2. The van der Waals surface area contributed by atoms with Crippen molar-refractivity contribution < 1.29 is 23.4 Å². The average molecular weight is 362 g/mol. The molecule has 1 N–H and O–H groups in total. The van der Waals surface area contributed by atoms with Crippen LogP contribution < -0.4 is 0 Å². The summed E-state index contributed by atoms with van der Waals surface area (Å²) in [7, 11) is 0. The second kappa shape index (κ2) is 8.41. The van der Waals surface area contributed by atoms with Crippen molar-refractivity contribution in [3.63, 3.8) is 0 Å². The maximum atomic E-state index is 13.9. The zero-order valence-electron chi connectivity index (χ0n) is 15.3. The lowest BCUT2D eigenvalue weighted by molar-refractivity contribution is -0.146. The van der Waals surface area contributed by atoms with Crippen LogP contribution in [0.5, 0.6) is 0 Å². The van der Waals surface area contributed by atoms with Crippen molar-refractivity contribution in [1.82, 2.24) is 0 Å². The molecular weight excluding hydrogens is 338 g/mol. The van der Waals surface area contributed by atoms with Crippen LogP contribution in [0.25, 0.3) is 11.1 Å². The number of carbonyl (C=O) groups excluding carboxylic acids is 1. The largest absolute Gasteiger partial charge is 0.466 e. The molecule has 0 aliphatic carbocycles. The number of benzene rings is 2. The van der Waals surface area contributed by atoms with Gasteiger partial charge in [-0.3, -0.25) is 4.79 Å². The summed E-state index contributed by atoms with van der Waals surface area (Å²) in [6, 6.07) is 10.1. The van der Waals surface area contributed by atoms with Crippen molar-refractivity contribution in [1.29, 1.82) is 0 Å². The van der Waals surface area contributed by atoms with E-state index in [-0.39, 0.29) is 24.9 Å². The Morgan fingerprint density at radius 3 is 2.38 bits per heavy atom. The minimum atomic E-state index is -1.18. The molecule has 0 bridgehead atoms. The highest BCUT2D eigenvalue weighted by Crippen LogP contribution is 2.29. The van der Waals surface area contributed by atoms with E-state index >= 15 is 0 Å². The predicted molar refractivity (Wildman–Crippen MR) is 96.4 cm³/mol. The molecule has 3 nitrogen and oxygen atoms in total. The van der Waals surface area contributed by atoms with Gasteiger partial charge in [-0.15, -0.1) is 0 Å². The Morgan fingerprint density at radius 1 is 1.15 bits per heavy atom. The lowest BCUT2D eigenvalue weighted by Crippen LogP contribution is -2.24. The van der Waals surface area contributed by atoms with E-state index in [1.165, 1.54) is 12.1 Å². The number of hydrogen-bond acceptors (Lipinski definition) is 3. The smallest absolute Gasteiger partial charge is 0.306 e. The van der Waals surface area contributed by atoms with Gasteiger partial charge in [0.25, 0.3) is 0 Å². The maximum absolute atomic E-state index is 13.9. The third-order valence-electron chi connectivity index (χ3n) is 4.18. The Bertz CT molecular complexity index is 752. The summed E-state index contributed by atoms with van der Waals surface area (Å²) >= 11 is 0. The summed E-state index contributed by atoms with van der Waals surface area (Å²) in [6.45, 7) is 5.62. The van der Waals surface area contributed by atoms with Crippen LogP contribution in [-0.2, 0) is 15.1 Å². The Morgan fingerprint density at radius 2 is 1.81 bits per heavy atom. The minimum absolute atomic E-state index is 0.118. The van der Waals surface area contributed by atoms with Crippen LogP contribution in [-0.4, -0.2) is 17.7 Å². The van der Waals surface area contributed by atoms with E-state index in [2.05, 4.69) is 0 Å². The Kier molecular flexibility index (Phi) is 6.48. The van der Waals surface area contributed by atoms with Crippen molar-refractivity contribution in [3.8, 4) is 11.1 Å². The van der Waals surface area contributed by atoms with Crippen LogP contribution in [0, 0.1) is 17.6 Å². The van der Waals surface area contributed by atoms with Gasteiger partial charge < -0.3 is 9.84 Å². The molecule has 0 radical (unpaired) electrons. The molecule has 0 aromatic heterocycles. The van der Waals surface area contributed by atoms with Crippen molar-refractivity contribution in [3.05, 3.63) is 59.7 Å². The van der Waals surface area contributed by atoms with Crippen LogP contribution in [0.15, 0.2) is 42.5 Å². The molecule has 0 saturated heterocycles. The van der Waals surface area contributed by atoms with E-state index in [1.54, 1.807) is 31.2 Å². The summed E-state index contributed by atoms with van der Waals surface area (Å²) in [5.74, 6) is -1.32. The Hall–Kier alpha value is -2.27. The summed E-state index contributed by atoms with van der Waals surface area (Å²) in [4.78, 5) is 11.6. The first-order valence-electron chi connectivity index (χ1n) is 8.63. The normalized spacial score (nSPS) is 13.5. The van der Waals surface area contributed by atoms with Crippen LogP contribution in [0.3, 0.4) is 0 Å². The first-order chi connectivity index (χ1) is 12.2. The number of carbonyl (C=O) groups is 1. The molecule has 0 fully saturated rings. The van der Waals surface area contributed by atoms with E-state index in [4.69, 9.17) is 4.74 Å². The van der Waals surface area contributed by atoms with Gasteiger partial charge in [0.05, 0.1) is 12.2 Å². The fourth-order valence-corrected chi connectivity index (χ4v) is 2.63. The maximum Gasteiger partial charge on any atom is 0.306 e. The van der Waals surface area contributed by atoms with Crippen LogP contribution in [0.4, 0.5) is 8.78 Å². The molecule has 1 unspecified atom stereocenters. The fraction of sp³-hybridized carbons (Fsp3) is 0.381. The number of hydrogen-bond donors (Lipinski definition) is 1. The summed E-state index contributed by atoms with van der Waals surface area (Å²) in [6.07, 6.45) is 0.598. The van der Waals surface area contributed by atoms with E-state index in [9.17, 15) is 18.7 Å². The van der Waals surface area contributed by atoms with Gasteiger partial charge in [-0.05, 0) is 36.1 Å². The Labute approximate surface area is 152 Å². The zero-order chi connectivity index (χ0) is 19.3. The predicted octanol–water partition coefficient (Wildman–Crippen LogP) is 4.82. The number of aliphatic hydroxyl groups is 1. The summed E-state index contributed by atoms with van der Waals surface area (Å²) in [5, 5.41) is 10.6. The SMILES string of the molecule is CC(C)CC(=O)OCCC(C)(O)c1ccc(-c2ccc(F)cc2F)cc1. The van der Waals surface area contributed by atoms with E-state index in [0.717, 1.165) is 6.07 Å². The minimum Gasteiger partial charge on any atom is -0.466 e. The zero-order valence-corrected chi connectivity index (χ0v) is 15.3. The van der Waals surface area contributed by atoms with Gasteiger partial charge in [0.15, 0.2) is 0 Å². The third-order valence-corrected chi connectivity index (χ3v) is 4.18. The number of ether oxygens (including phenoxy) is 1. The average Bonchev–Trinajstić information content (AvgIpc) is 2.54. The molecular formula is C21H24F2O3. The first-order valence-corrected chi connectivity index (χ1v) is 8.63. The van der Waals surface area contributed by atoms with Crippen molar-refractivity contribution in [2.45, 2.75) is 39.2 Å². The summed E-state index contributed by atoms with van der Waals surface area (Å²) in [5.41, 5.74) is 0.326. The lowest BCUT2D eigenvalue weighted by atomic mass is 9.91. The van der Waals surface area contributed by atoms with E-state index in [1.807, 2.05) is 13.8 Å². The highest BCUT2D eigenvalue weighted by atomic mass is 19.1. The van der Waals surface area contributed by atoms with Gasteiger partial charge >= 0.3 is 5.97 Å². The molecule has 2 aromatic rings. The van der Waals surface area contributed by atoms with Gasteiger partial charge in [0.1, 0.15) is 11.6 Å².